The number of ether oxygens (including phenoxy) is 1. The van der Waals surface area contributed by atoms with E-state index >= 15 is 0 Å². The summed E-state index contributed by atoms with van der Waals surface area (Å²) in [5, 5.41) is 12.0. The highest BCUT2D eigenvalue weighted by Gasteiger charge is 2.25. The minimum Gasteiger partial charge on any atom is -0.490 e. The average Bonchev–Trinajstić information content (AvgIpc) is 2.97. The van der Waals surface area contributed by atoms with Gasteiger partial charge in [0.05, 0.1) is 11.7 Å². The zero-order chi connectivity index (χ0) is 16.4. The quantitative estimate of drug-likeness (QED) is 0.845. The van der Waals surface area contributed by atoms with Crippen LogP contribution in [0, 0.1) is 12.3 Å². The Morgan fingerprint density at radius 2 is 2.08 bits per heavy atom. The summed E-state index contributed by atoms with van der Waals surface area (Å²) in [4.78, 5) is 0. The third kappa shape index (κ3) is 4.64. The molecule has 3 rings (SSSR count). The van der Waals surface area contributed by atoms with E-state index < -0.39 is 0 Å². The van der Waals surface area contributed by atoms with Gasteiger partial charge in [0.25, 0.3) is 0 Å². The maximum absolute atomic E-state index is 6.34. The summed E-state index contributed by atoms with van der Waals surface area (Å²) < 4.78 is 6.34. The smallest absolute Gasteiger partial charge is 0.123 e. The Kier molecular flexibility index (Phi) is 6.16. The fourth-order valence-electron chi connectivity index (χ4n) is 3.33. The monoisotopic (exact) mass is 351 g/mol. The van der Waals surface area contributed by atoms with Crippen molar-refractivity contribution in [2.45, 2.75) is 65.5 Å². The number of benzene rings is 1. The van der Waals surface area contributed by atoms with Crippen LogP contribution in [0.15, 0.2) is 18.3 Å². The highest BCUT2D eigenvalue weighted by atomic mass is 35.5. The molecule has 1 aliphatic rings. The van der Waals surface area contributed by atoms with Gasteiger partial charge in [0.1, 0.15) is 11.9 Å². The second-order valence-corrected chi connectivity index (χ2v) is 8.06. The number of hydrogen-bond acceptors (Lipinski definition) is 3. The molecule has 5 heteroatoms. The van der Waals surface area contributed by atoms with Gasteiger partial charge in [-0.25, -0.2) is 0 Å². The lowest BCUT2D eigenvalue weighted by molar-refractivity contribution is 0.130. The fraction of sp³-hybridized carbons (Fsp3) is 0.632. The van der Waals surface area contributed by atoms with E-state index in [1.165, 1.54) is 18.4 Å². The Morgan fingerprint density at radius 1 is 1.29 bits per heavy atom. The van der Waals surface area contributed by atoms with Gasteiger partial charge in [0.2, 0.25) is 0 Å². The topological polar surface area (TPSA) is 49.9 Å². The molecule has 4 nitrogen and oxygen atoms in total. The second-order valence-electron chi connectivity index (χ2n) is 8.06. The van der Waals surface area contributed by atoms with Crippen molar-refractivity contribution in [3.8, 4) is 5.75 Å². The predicted octanol–water partition coefficient (Wildman–Crippen LogP) is 4.62. The van der Waals surface area contributed by atoms with Crippen LogP contribution in [0.25, 0.3) is 10.9 Å². The van der Waals surface area contributed by atoms with Crippen molar-refractivity contribution in [1.29, 1.82) is 0 Å². The Bertz CT molecular complexity index is 662. The van der Waals surface area contributed by atoms with E-state index in [2.05, 4.69) is 55.3 Å². The molecule has 2 N–H and O–H groups in total. The van der Waals surface area contributed by atoms with Crippen molar-refractivity contribution in [2.24, 2.45) is 5.41 Å². The fourth-order valence-corrected chi connectivity index (χ4v) is 3.33. The summed E-state index contributed by atoms with van der Waals surface area (Å²) >= 11 is 0. The van der Waals surface area contributed by atoms with Crippen LogP contribution in [0.1, 0.15) is 52.0 Å². The van der Waals surface area contributed by atoms with Crippen LogP contribution >= 0.6 is 12.4 Å². The molecular weight excluding hydrogens is 322 g/mol. The first-order chi connectivity index (χ1) is 10.9. The van der Waals surface area contributed by atoms with Gasteiger partial charge in [0.15, 0.2) is 0 Å². The van der Waals surface area contributed by atoms with Crippen molar-refractivity contribution in [3.05, 3.63) is 23.9 Å². The number of aryl methyl sites for hydroxylation is 1. The molecule has 2 atom stereocenters. The van der Waals surface area contributed by atoms with Crippen LogP contribution in [0.2, 0.25) is 0 Å². The van der Waals surface area contributed by atoms with E-state index in [1.54, 1.807) is 0 Å². The first-order valence-electron chi connectivity index (χ1n) is 8.75. The standard InChI is InChI=1S/C19H29N3O.ClH/c1-13-16-11-21-22-17(16)8-9-18(13)23-15-7-5-6-14(10-15)20-12-19(2,3)4;/h8-9,11,14-15,20H,5-7,10,12H2,1-4H3,(H,21,22);1H/t14-,15+;/m0./s1. The molecule has 1 heterocycles. The molecular formula is C19H30ClN3O. The van der Waals surface area contributed by atoms with Crippen LogP contribution in [0.3, 0.4) is 0 Å². The summed E-state index contributed by atoms with van der Waals surface area (Å²) in [5.41, 5.74) is 2.58. The zero-order valence-corrected chi connectivity index (χ0v) is 16.0. The molecule has 0 bridgehead atoms. The number of fused-ring (bicyclic) bond motifs is 1. The number of H-pyrrole nitrogens is 1. The molecule has 1 aromatic carbocycles. The maximum Gasteiger partial charge on any atom is 0.123 e. The molecule has 0 spiro atoms. The van der Waals surface area contributed by atoms with Gasteiger partial charge in [-0.2, -0.15) is 5.10 Å². The van der Waals surface area contributed by atoms with Crippen molar-refractivity contribution in [2.75, 3.05) is 6.54 Å². The van der Waals surface area contributed by atoms with Crippen molar-refractivity contribution >= 4 is 23.3 Å². The van der Waals surface area contributed by atoms with Crippen LogP contribution < -0.4 is 10.1 Å². The number of halogens is 1. The number of nitrogens with one attached hydrogen (secondary N) is 2. The van der Waals surface area contributed by atoms with Crippen LogP contribution in [-0.4, -0.2) is 28.9 Å². The SMILES string of the molecule is Cc1c(O[C@@H]2CCC[C@H](NCC(C)(C)C)C2)ccc2[nH]ncc12.Cl. The molecule has 0 amide bonds. The predicted molar refractivity (Wildman–Crippen MR) is 102 cm³/mol. The molecule has 1 aliphatic carbocycles. The van der Waals surface area contributed by atoms with E-state index in [4.69, 9.17) is 4.74 Å². The van der Waals surface area contributed by atoms with E-state index in [0.717, 1.165) is 36.0 Å². The van der Waals surface area contributed by atoms with Crippen LogP contribution in [0.5, 0.6) is 5.75 Å². The Hall–Kier alpha value is -1.26. The van der Waals surface area contributed by atoms with Gasteiger partial charge >= 0.3 is 0 Å². The van der Waals surface area contributed by atoms with Crippen LogP contribution in [-0.2, 0) is 0 Å². The van der Waals surface area contributed by atoms with Gasteiger partial charge in [-0.3, -0.25) is 5.10 Å². The summed E-state index contributed by atoms with van der Waals surface area (Å²) in [7, 11) is 0. The molecule has 134 valence electrons. The summed E-state index contributed by atoms with van der Waals surface area (Å²) in [5.74, 6) is 1.00. The van der Waals surface area contributed by atoms with Crippen molar-refractivity contribution in [1.82, 2.24) is 15.5 Å². The van der Waals surface area contributed by atoms with Crippen molar-refractivity contribution < 1.29 is 4.74 Å². The zero-order valence-electron chi connectivity index (χ0n) is 15.2. The van der Waals surface area contributed by atoms with E-state index in [-0.39, 0.29) is 12.4 Å². The van der Waals surface area contributed by atoms with Crippen LogP contribution in [0.4, 0.5) is 0 Å². The molecule has 24 heavy (non-hydrogen) atoms. The second kappa shape index (κ2) is 7.75. The lowest BCUT2D eigenvalue weighted by Gasteiger charge is -2.32. The number of aromatic nitrogens is 2. The summed E-state index contributed by atoms with van der Waals surface area (Å²) in [6.45, 7) is 10.0. The number of aromatic amines is 1. The lowest BCUT2D eigenvalue weighted by Crippen LogP contribution is -2.41. The number of rotatable bonds is 4. The van der Waals surface area contributed by atoms with Gasteiger partial charge < -0.3 is 10.1 Å². The molecule has 0 saturated heterocycles. The van der Waals surface area contributed by atoms with Gasteiger partial charge in [-0.05, 0) is 50.2 Å². The molecule has 1 aromatic heterocycles. The average molecular weight is 352 g/mol. The van der Waals surface area contributed by atoms with E-state index in [9.17, 15) is 0 Å². The van der Waals surface area contributed by atoms with Gasteiger partial charge in [0, 0.05) is 23.5 Å². The minimum absolute atomic E-state index is 0. The lowest BCUT2D eigenvalue weighted by atomic mass is 9.90. The van der Waals surface area contributed by atoms with Crippen molar-refractivity contribution in [3.63, 3.8) is 0 Å². The minimum atomic E-state index is 0. The van der Waals surface area contributed by atoms with Gasteiger partial charge in [-0.1, -0.05) is 20.8 Å². The summed E-state index contributed by atoms with van der Waals surface area (Å²) in [6.07, 6.45) is 6.93. The molecule has 0 unspecified atom stereocenters. The third-order valence-corrected chi connectivity index (χ3v) is 4.68. The first-order valence-corrected chi connectivity index (χ1v) is 8.75. The Balaban J connectivity index is 0.00000208. The molecule has 0 radical (unpaired) electrons. The number of nitrogens with zero attached hydrogens (tertiary/aromatic N) is 1. The number of hydrogen-bond donors (Lipinski definition) is 2. The Labute approximate surface area is 151 Å². The molecule has 1 saturated carbocycles. The largest absolute Gasteiger partial charge is 0.490 e. The van der Waals surface area contributed by atoms with E-state index in [1.807, 2.05) is 6.20 Å². The summed E-state index contributed by atoms with van der Waals surface area (Å²) in [6, 6.07) is 4.70. The molecule has 2 aromatic rings. The maximum atomic E-state index is 6.34. The Morgan fingerprint density at radius 3 is 2.83 bits per heavy atom. The van der Waals surface area contributed by atoms with E-state index in [0.29, 0.717) is 17.6 Å². The molecule has 1 fully saturated rings. The normalized spacial score (nSPS) is 21.5. The molecule has 0 aliphatic heterocycles. The van der Waals surface area contributed by atoms with Gasteiger partial charge in [-0.15, -0.1) is 12.4 Å². The first kappa shape index (κ1) is 19.1. The highest BCUT2D eigenvalue weighted by molar-refractivity contribution is 5.85. The highest BCUT2D eigenvalue weighted by Crippen LogP contribution is 2.30. The third-order valence-electron chi connectivity index (χ3n) is 4.68.